The van der Waals surface area contributed by atoms with Gasteiger partial charge >= 0.3 is 0 Å². The van der Waals surface area contributed by atoms with Gasteiger partial charge in [0, 0.05) is 18.9 Å². The number of hydrogen-bond donors (Lipinski definition) is 0. The first-order valence-electron chi connectivity index (χ1n) is 6.08. The summed E-state index contributed by atoms with van der Waals surface area (Å²) in [4.78, 5) is 4.05. The van der Waals surface area contributed by atoms with Crippen LogP contribution < -0.4 is 4.74 Å². The average molecular weight is 278 g/mol. The third-order valence-electron chi connectivity index (χ3n) is 2.76. The van der Waals surface area contributed by atoms with Crippen LogP contribution in [0.5, 0.6) is 11.5 Å². The van der Waals surface area contributed by atoms with Crippen molar-refractivity contribution < 1.29 is 9.47 Å². The lowest BCUT2D eigenvalue weighted by molar-refractivity contribution is 0.202. The van der Waals surface area contributed by atoms with Gasteiger partial charge in [0.15, 0.2) is 0 Å². The summed E-state index contributed by atoms with van der Waals surface area (Å²) in [7, 11) is 1.70. The molecule has 0 fully saturated rings. The van der Waals surface area contributed by atoms with Crippen LogP contribution in [0.2, 0.25) is 0 Å². The summed E-state index contributed by atoms with van der Waals surface area (Å²) in [5.74, 6) is 1.88. The molecule has 0 amide bonds. The minimum Gasteiger partial charge on any atom is -0.455 e. The smallest absolute Gasteiger partial charge is 0.150 e. The van der Waals surface area contributed by atoms with Gasteiger partial charge in [-0.1, -0.05) is 12.1 Å². The maximum absolute atomic E-state index is 5.86. The summed E-state index contributed by atoms with van der Waals surface area (Å²) in [6.07, 6.45) is 4.28. The van der Waals surface area contributed by atoms with E-state index in [1.807, 2.05) is 30.3 Å². The maximum Gasteiger partial charge on any atom is 0.150 e. The van der Waals surface area contributed by atoms with Crippen molar-refractivity contribution >= 4 is 11.6 Å². The Morgan fingerprint density at radius 3 is 2.63 bits per heavy atom. The highest BCUT2D eigenvalue weighted by Gasteiger charge is 2.04. The van der Waals surface area contributed by atoms with Crippen molar-refractivity contribution in [3.05, 3.63) is 53.9 Å². The Morgan fingerprint density at radius 2 is 1.95 bits per heavy atom. The van der Waals surface area contributed by atoms with E-state index in [-0.39, 0.29) is 0 Å². The number of methoxy groups -OCH3 is 1. The molecule has 4 heteroatoms. The molecule has 0 radical (unpaired) electrons. The van der Waals surface area contributed by atoms with E-state index in [2.05, 4.69) is 4.98 Å². The largest absolute Gasteiger partial charge is 0.455 e. The molecule has 19 heavy (non-hydrogen) atoms. The highest BCUT2D eigenvalue weighted by atomic mass is 35.5. The summed E-state index contributed by atoms with van der Waals surface area (Å²) in [6.45, 7) is 0.721. The lowest BCUT2D eigenvalue weighted by atomic mass is 10.1. The van der Waals surface area contributed by atoms with Crippen molar-refractivity contribution in [3.63, 3.8) is 0 Å². The molecule has 2 rings (SSSR count). The second-order valence-electron chi connectivity index (χ2n) is 4.11. The van der Waals surface area contributed by atoms with Crippen LogP contribution in [0.25, 0.3) is 0 Å². The Morgan fingerprint density at radius 1 is 1.16 bits per heavy atom. The lowest BCUT2D eigenvalue weighted by Gasteiger charge is -2.09. The molecule has 0 saturated carbocycles. The zero-order valence-corrected chi connectivity index (χ0v) is 11.6. The normalized spacial score (nSPS) is 10.4. The van der Waals surface area contributed by atoms with Gasteiger partial charge in [0.1, 0.15) is 11.5 Å². The van der Waals surface area contributed by atoms with Crippen LogP contribution in [0.3, 0.4) is 0 Å². The average Bonchev–Trinajstić information content (AvgIpc) is 2.47. The van der Waals surface area contributed by atoms with Crippen LogP contribution in [0.1, 0.15) is 11.1 Å². The first-order valence-corrected chi connectivity index (χ1v) is 6.61. The van der Waals surface area contributed by atoms with Gasteiger partial charge in [-0.15, -0.1) is 11.6 Å². The highest BCUT2D eigenvalue weighted by Crippen LogP contribution is 2.25. The van der Waals surface area contributed by atoms with Crippen LogP contribution in [-0.2, 0) is 17.0 Å². The fourth-order valence-electron chi connectivity index (χ4n) is 1.68. The van der Waals surface area contributed by atoms with Gasteiger partial charge in [-0.25, -0.2) is 0 Å². The molecule has 1 heterocycles. The molecule has 0 N–H and O–H groups in total. The first kappa shape index (κ1) is 13.8. The monoisotopic (exact) mass is 277 g/mol. The molecule has 0 bridgehead atoms. The molecular weight excluding hydrogens is 262 g/mol. The zero-order valence-electron chi connectivity index (χ0n) is 10.8. The van der Waals surface area contributed by atoms with E-state index in [4.69, 9.17) is 21.1 Å². The fraction of sp³-hybridized carbons (Fsp3) is 0.267. The van der Waals surface area contributed by atoms with E-state index in [1.54, 1.807) is 19.5 Å². The van der Waals surface area contributed by atoms with E-state index < -0.39 is 0 Å². The van der Waals surface area contributed by atoms with E-state index in [0.29, 0.717) is 11.6 Å². The van der Waals surface area contributed by atoms with Crippen molar-refractivity contribution in [2.24, 2.45) is 0 Å². The second kappa shape index (κ2) is 7.12. The third-order valence-corrected chi connectivity index (χ3v) is 3.05. The summed E-state index contributed by atoms with van der Waals surface area (Å²) in [6, 6.07) is 9.80. The minimum absolute atomic E-state index is 0.407. The lowest BCUT2D eigenvalue weighted by Crippen LogP contribution is -1.94. The Balaban J connectivity index is 2.06. The van der Waals surface area contributed by atoms with Crippen LogP contribution in [-0.4, -0.2) is 18.7 Å². The second-order valence-corrected chi connectivity index (χ2v) is 4.37. The van der Waals surface area contributed by atoms with E-state index >= 15 is 0 Å². The molecule has 0 spiro atoms. The molecule has 1 aromatic carbocycles. The van der Waals surface area contributed by atoms with Gasteiger partial charge in [0.25, 0.3) is 0 Å². The number of benzene rings is 1. The molecular formula is C15H16ClNO2. The zero-order chi connectivity index (χ0) is 13.5. The van der Waals surface area contributed by atoms with Crippen LogP contribution >= 0.6 is 11.6 Å². The highest BCUT2D eigenvalue weighted by molar-refractivity contribution is 6.17. The summed E-state index contributed by atoms with van der Waals surface area (Å²) in [5.41, 5.74) is 2.15. The number of aromatic nitrogens is 1. The van der Waals surface area contributed by atoms with Crippen LogP contribution in [0.15, 0.2) is 42.7 Å². The SMILES string of the molecule is COCCc1ccc(Oc2cnccc2CCl)cc1. The number of rotatable bonds is 6. The van der Waals surface area contributed by atoms with Gasteiger partial charge in [0.05, 0.1) is 18.7 Å². The molecule has 1 aromatic heterocycles. The fourth-order valence-corrected chi connectivity index (χ4v) is 1.90. The maximum atomic E-state index is 5.86. The molecule has 3 nitrogen and oxygen atoms in total. The first-order chi connectivity index (χ1) is 9.33. The van der Waals surface area contributed by atoms with E-state index in [9.17, 15) is 0 Å². The van der Waals surface area contributed by atoms with Crippen molar-refractivity contribution in [2.45, 2.75) is 12.3 Å². The van der Waals surface area contributed by atoms with Crippen molar-refractivity contribution in [1.82, 2.24) is 4.98 Å². The molecule has 0 aliphatic carbocycles. The quantitative estimate of drug-likeness (QED) is 0.753. The molecule has 100 valence electrons. The Bertz CT molecular complexity index is 514. The van der Waals surface area contributed by atoms with Crippen LogP contribution in [0, 0.1) is 0 Å². The molecule has 0 saturated heterocycles. The Kier molecular flexibility index (Phi) is 5.19. The Hall–Kier alpha value is -1.58. The minimum atomic E-state index is 0.407. The standard InChI is InChI=1S/C15H16ClNO2/c1-18-9-7-12-2-4-14(5-3-12)19-15-11-17-8-6-13(15)10-16/h2-6,8,11H,7,9-10H2,1H3. The number of nitrogens with zero attached hydrogens (tertiary/aromatic N) is 1. The van der Waals surface area contributed by atoms with Gasteiger partial charge in [0.2, 0.25) is 0 Å². The summed E-state index contributed by atoms with van der Waals surface area (Å²) < 4.78 is 10.8. The van der Waals surface area contributed by atoms with Crippen molar-refractivity contribution in [2.75, 3.05) is 13.7 Å². The van der Waals surface area contributed by atoms with Crippen molar-refractivity contribution in [3.8, 4) is 11.5 Å². The third kappa shape index (κ3) is 3.94. The van der Waals surface area contributed by atoms with Gasteiger partial charge in [-0.3, -0.25) is 4.98 Å². The number of ether oxygens (including phenoxy) is 2. The molecule has 2 aromatic rings. The molecule has 0 aliphatic rings. The summed E-state index contributed by atoms with van der Waals surface area (Å²) >= 11 is 5.86. The molecule has 0 aliphatic heterocycles. The number of alkyl halides is 1. The molecule has 0 unspecified atom stereocenters. The number of pyridine rings is 1. The van der Waals surface area contributed by atoms with Gasteiger partial charge in [-0.05, 0) is 30.2 Å². The van der Waals surface area contributed by atoms with Crippen molar-refractivity contribution in [1.29, 1.82) is 0 Å². The number of halogens is 1. The molecule has 0 atom stereocenters. The summed E-state index contributed by atoms with van der Waals surface area (Å²) in [5, 5.41) is 0. The Labute approximate surface area is 118 Å². The predicted octanol–water partition coefficient (Wildman–Crippen LogP) is 3.80. The van der Waals surface area contributed by atoms with Gasteiger partial charge < -0.3 is 9.47 Å². The number of hydrogen-bond acceptors (Lipinski definition) is 3. The van der Waals surface area contributed by atoms with Gasteiger partial charge in [-0.2, -0.15) is 0 Å². The van der Waals surface area contributed by atoms with E-state index in [0.717, 1.165) is 24.3 Å². The van der Waals surface area contributed by atoms with E-state index in [1.165, 1.54) is 5.56 Å². The van der Waals surface area contributed by atoms with Crippen LogP contribution in [0.4, 0.5) is 0 Å². The predicted molar refractivity (Wildman–Crippen MR) is 75.9 cm³/mol. The topological polar surface area (TPSA) is 31.4 Å².